The van der Waals surface area contributed by atoms with Crippen molar-refractivity contribution in [2.24, 2.45) is 0 Å². The van der Waals surface area contributed by atoms with Gasteiger partial charge in [-0.05, 0) is 0 Å². The van der Waals surface area contributed by atoms with Crippen LogP contribution in [0.25, 0.3) is 0 Å². The van der Waals surface area contributed by atoms with Crippen molar-refractivity contribution in [1.82, 2.24) is 0 Å². The topological polar surface area (TPSA) is 31.5 Å². The van der Waals surface area contributed by atoms with E-state index in [9.17, 15) is 0 Å². The molecule has 0 aliphatic carbocycles. The molecule has 0 aromatic rings. The molecule has 0 atom stereocenters. The summed E-state index contributed by atoms with van der Waals surface area (Å²) in [4.78, 5) is 0. The van der Waals surface area contributed by atoms with Crippen LogP contribution in [0.15, 0.2) is 0 Å². The minimum absolute atomic E-state index is 0. The van der Waals surface area contributed by atoms with Gasteiger partial charge in [0.1, 0.15) is 0 Å². The maximum absolute atomic E-state index is 0. The molecule has 0 saturated carbocycles. The van der Waals surface area contributed by atoms with Crippen LogP contribution in [0, 0.1) is 0 Å². The van der Waals surface area contributed by atoms with Crippen molar-refractivity contribution >= 4 is 68.9 Å². The Balaban J connectivity index is 0. The van der Waals surface area contributed by atoms with Crippen LogP contribution in [0.1, 0.15) is 0 Å². The molecule has 0 rings (SSSR count). The Morgan fingerprint density at radius 3 is 0.750 bits per heavy atom. The van der Waals surface area contributed by atoms with Gasteiger partial charge in [-0.1, -0.05) is 0 Å². The SMILES string of the molecule is O.[Ag].[Ag].[CsH]. The summed E-state index contributed by atoms with van der Waals surface area (Å²) in [6.07, 6.45) is 0. The summed E-state index contributed by atoms with van der Waals surface area (Å²) >= 11 is 0. The van der Waals surface area contributed by atoms with E-state index in [4.69, 9.17) is 0 Å². The van der Waals surface area contributed by atoms with Gasteiger partial charge in [-0.2, -0.15) is 0 Å². The second kappa shape index (κ2) is 16.1. The quantitative estimate of drug-likeness (QED) is 0.468. The van der Waals surface area contributed by atoms with Crippen LogP contribution in [0.5, 0.6) is 0 Å². The second-order valence-corrected chi connectivity index (χ2v) is 0. The summed E-state index contributed by atoms with van der Waals surface area (Å²) in [5, 5.41) is 0. The first kappa shape index (κ1) is 25.9. The monoisotopic (exact) mass is 366 g/mol. The fourth-order valence-corrected chi connectivity index (χ4v) is 0. The van der Waals surface area contributed by atoms with Crippen LogP contribution in [-0.4, -0.2) is 74.4 Å². The molecule has 4 heavy (non-hydrogen) atoms. The molecule has 0 aromatic carbocycles. The molecule has 4 heteroatoms. The fourth-order valence-electron chi connectivity index (χ4n) is 0. The Bertz CT molecular complexity index is 6.00. The van der Waals surface area contributed by atoms with Gasteiger partial charge in [-0.25, -0.2) is 0 Å². The third kappa shape index (κ3) is 9.09. The Labute approximate surface area is 115 Å². The summed E-state index contributed by atoms with van der Waals surface area (Å²) in [6.45, 7) is 0. The van der Waals surface area contributed by atoms with Crippen molar-refractivity contribution in [2.75, 3.05) is 0 Å². The zero-order chi connectivity index (χ0) is 0. The molecule has 2 N–H and O–H groups in total. The molecule has 2 radical (unpaired) electrons. The van der Waals surface area contributed by atoms with E-state index in [1.54, 1.807) is 0 Å². The van der Waals surface area contributed by atoms with E-state index in [1.807, 2.05) is 0 Å². The van der Waals surface area contributed by atoms with Gasteiger partial charge in [0.25, 0.3) is 0 Å². The van der Waals surface area contributed by atoms with Crippen molar-refractivity contribution in [3.05, 3.63) is 0 Å². The van der Waals surface area contributed by atoms with Crippen molar-refractivity contribution in [1.29, 1.82) is 0 Å². The number of hydrogen-bond acceptors (Lipinski definition) is 0. The zero-order valence-corrected chi connectivity index (χ0v) is 4.07. The minimum atomic E-state index is 0. The van der Waals surface area contributed by atoms with Gasteiger partial charge in [0.2, 0.25) is 0 Å². The van der Waals surface area contributed by atoms with Gasteiger partial charge < -0.3 is 5.48 Å². The van der Waals surface area contributed by atoms with Crippen molar-refractivity contribution in [3.8, 4) is 0 Å². The molecule has 0 heterocycles. The van der Waals surface area contributed by atoms with Crippen LogP contribution in [0.3, 0.4) is 0 Å². The van der Waals surface area contributed by atoms with Crippen LogP contribution in [0.4, 0.5) is 0 Å². The van der Waals surface area contributed by atoms with E-state index < -0.39 is 0 Å². The fraction of sp³-hybridized carbons (Fsp3) is 0. The van der Waals surface area contributed by atoms with Crippen molar-refractivity contribution in [3.63, 3.8) is 0 Å². The van der Waals surface area contributed by atoms with Gasteiger partial charge in [0.15, 0.2) is 0 Å². The van der Waals surface area contributed by atoms with Crippen molar-refractivity contribution < 1.29 is 50.2 Å². The van der Waals surface area contributed by atoms with E-state index in [0.717, 1.165) is 0 Å². The summed E-state index contributed by atoms with van der Waals surface area (Å²) in [5.41, 5.74) is 0. The summed E-state index contributed by atoms with van der Waals surface area (Å²) in [5.74, 6) is 0. The molecule has 0 aliphatic rings. The predicted molar refractivity (Wildman–Crippen MR) is 10.8 cm³/mol. The molecule has 0 amide bonds. The molecular formula is H3Ag2CsO. The molecule has 32 valence electrons. The van der Waals surface area contributed by atoms with E-state index in [-0.39, 0.29) is 119 Å². The van der Waals surface area contributed by atoms with Crippen LogP contribution < -0.4 is 0 Å². The molecule has 0 aliphatic heterocycles. The van der Waals surface area contributed by atoms with Gasteiger partial charge in [-0.3, -0.25) is 0 Å². The molecule has 0 bridgehead atoms. The van der Waals surface area contributed by atoms with Crippen molar-refractivity contribution in [2.45, 2.75) is 0 Å². The third-order valence-corrected chi connectivity index (χ3v) is 0. The molecule has 1 nitrogen and oxygen atoms in total. The Morgan fingerprint density at radius 1 is 0.750 bits per heavy atom. The average molecular weight is 368 g/mol. The predicted octanol–water partition coefficient (Wildman–Crippen LogP) is -1.48. The number of rotatable bonds is 0. The van der Waals surface area contributed by atoms with Crippen LogP contribution >= 0.6 is 0 Å². The Morgan fingerprint density at radius 2 is 0.750 bits per heavy atom. The standard InChI is InChI=1S/2Ag.Cs.H2O.H/h;;;1H2;. The van der Waals surface area contributed by atoms with Gasteiger partial charge in [0, 0.05) is 44.8 Å². The third-order valence-electron chi connectivity index (χ3n) is 0. The molecule has 0 unspecified atom stereocenters. The van der Waals surface area contributed by atoms with Crippen LogP contribution in [0.2, 0.25) is 0 Å². The number of hydrogen-bond donors (Lipinski definition) is 0. The maximum atomic E-state index is 0. The first-order valence-electron chi connectivity index (χ1n) is 0. The second-order valence-electron chi connectivity index (χ2n) is 0. The Hall–Kier alpha value is 3.49. The van der Waals surface area contributed by atoms with E-state index >= 15 is 0 Å². The summed E-state index contributed by atoms with van der Waals surface area (Å²) in [7, 11) is 0. The summed E-state index contributed by atoms with van der Waals surface area (Å²) in [6, 6.07) is 0. The van der Waals surface area contributed by atoms with Crippen LogP contribution in [-0.2, 0) is 44.8 Å². The van der Waals surface area contributed by atoms with E-state index in [2.05, 4.69) is 0 Å². The molecule has 0 aromatic heterocycles. The van der Waals surface area contributed by atoms with E-state index in [0.29, 0.717) is 0 Å². The molecule has 0 saturated heterocycles. The zero-order valence-electron chi connectivity index (χ0n) is 1.10. The molecule has 0 fully saturated rings. The Kier molecular flexibility index (Phi) is 104. The van der Waals surface area contributed by atoms with Gasteiger partial charge in [-0.15, -0.1) is 0 Å². The first-order chi connectivity index (χ1) is 0. The molecule has 0 spiro atoms. The molecular weight excluding hydrogens is 365 g/mol. The van der Waals surface area contributed by atoms with Gasteiger partial charge >= 0.3 is 68.9 Å². The normalized spacial score (nSPS) is 0. The average Bonchev–Trinajstić information content (AvgIpc) is 0. The summed E-state index contributed by atoms with van der Waals surface area (Å²) < 4.78 is 0. The van der Waals surface area contributed by atoms with Gasteiger partial charge in [0.05, 0.1) is 0 Å². The first-order valence-corrected chi connectivity index (χ1v) is 0. The van der Waals surface area contributed by atoms with E-state index in [1.165, 1.54) is 0 Å².